The van der Waals surface area contributed by atoms with Crippen LogP contribution in [0.25, 0.3) is 10.9 Å². The number of hydrazine groups is 1. The normalized spacial score (nSPS) is 10.4. The number of carbonyl (C=O) groups excluding carboxylic acids is 2. The van der Waals surface area contributed by atoms with Crippen LogP contribution in [0.2, 0.25) is 0 Å². The molecule has 0 saturated heterocycles. The van der Waals surface area contributed by atoms with Crippen LogP contribution in [0.5, 0.6) is 5.75 Å². The smallest absolute Gasteiger partial charge is 0.276 e. The molecule has 0 unspecified atom stereocenters. The van der Waals surface area contributed by atoms with Crippen molar-refractivity contribution in [3.8, 4) is 5.75 Å². The molecule has 0 saturated carbocycles. The predicted octanol–water partition coefficient (Wildman–Crippen LogP) is 1.93. The summed E-state index contributed by atoms with van der Waals surface area (Å²) < 4.78 is 7.05. The standard InChI is InChI=1S/C18H16N4O5/c1-21-10-15(14-4-2-3-5-16(14)21)18(24)20-19-17(23)11-27-13-8-6-12(7-9-13)22(25)26/h2-10H,11H2,1H3,(H,19,23)(H,20,24). The maximum absolute atomic E-state index is 12.3. The van der Waals surface area contributed by atoms with Crippen molar-refractivity contribution >= 4 is 28.4 Å². The zero-order valence-corrected chi connectivity index (χ0v) is 14.3. The van der Waals surface area contributed by atoms with E-state index >= 15 is 0 Å². The molecule has 0 fully saturated rings. The van der Waals surface area contributed by atoms with Gasteiger partial charge in [0.1, 0.15) is 5.75 Å². The third-order valence-corrected chi connectivity index (χ3v) is 3.87. The van der Waals surface area contributed by atoms with Gasteiger partial charge in [-0.3, -0.25) is 30.6 Å². The van der Waals surface area contributed by atoms with Crippen molar-refractivity contribution in [2.75, 3.05) is 6.61 Å². The Bertz CT molecular complexity index is 1010. The lowest BCUT2D eigenvalue weighted by Crippen LogP contribution is -2.43. The first-order valence-corrected chi connectivity index (χ1v) is 7.96. The van der Waals surface area contributed by atoms with Crippen molar-refractivity contribution < 1.29 is 19.2 Å². The number of nitrogens with one attached hydrogen (secondary N) is 2. The lowest BCUT2D eigenvalue weighted by molar-refractivity contribution is -0.384. The van der Waals surface area contributed by atoms with Crippen LogP contribution >= 0.6 is 0 Å². The summed E-state index contributed by atoms with van der Waals surface area (Å²) >= 11 is 0. The number of aryl methyl sites for hydroxylation is 1. The van der Waals surface area contributed by atoms with E-state index in [9.17, 15) is 19.7 Å². The van der Waals surface area contributed by atoms with Gasteiger partial charge in [-0.1, -0.05) is 18.2 Å². The first-order chi connectivity index (χ1) is 13.0. The van der Waals surface area contributed by atoms with Crippen molar-refractivity contribution in [2.45, 2.75) is 0 Å². The minimum atomic E-state index is -0.568. The second-order valence-electron chi connectivity index (χ2n) is 5.71. The van der Waals surface area contributed by atoms with Crippen molar-refractivity contribution in [1.29, 1.82) is 0 Å². The van der Waals surface area contributed by atoms with Crippen LogP contribution < -0.4 is 15.6 Å². The lowest BCUT2D eigenvalue weighted by Gasteiger charge is -2.08. The third kappa shape index (κ3) is 4.03. The molecule has 1 heterocycles. The number of nitrogens with zero attached hydrogens (tertiary/aromatic N) is 2. The number of para-hydroxylation sites is 1. The number of non-ortho nitro benzene ring substituents is 1. The van der Waals surface area contributed by atoms with E-state index in [1.807, 2.05) is 35.9 Å². The predicted molar refractivity (Wildman–Crippen MR) is 97.1 cm³/mol. The molecule has 9 heteroatoms. The summed E-state index contributed by atoms with van der Waals surface area (Å²) in [6.45, 7) is -0.354. The van der Waals surface area contributed by atoms with E-state index in [1.165, 1.54) is 24.3 Å². The minimum Gasteiger partial charge on any atom is -0.484 e. The molecule has 3 rings (SSSR count). The number of fused-ring (bicyclic) bond motifs is 1. The van der Waals surface area contributed by atoms with Crippen LogP contribution in [0.1, 0.15) is 10.4 Å². The van der Waals surface area contributed by atoms with Gasteiger partial charge in [0.2, 0.25) is 0 Å². The number of nitro groups is 1. The number of nitro benzene ring substituents is 1. The highest BCUT2D eigenvalue weighted by Gasteiger charge is 2.14. The van der Waals surface area contributed by atoms with Crippen LogP contribution in [-0.4, -0.2) is 27.9 Å². The summed E-state index contributed by atoms with van der Waals surface area (Å²) in [5.74, 6) is -0.714. The van der Waals surface area contributed by atoms with Crippen LogP contribution in [0.3, 0.4) is 0 Å². The van der Waals surface area contributed by atoms with Gasteiger partial charge in [0.15, 0.2) is 6.61 Å². The molecule has 138 valence electrons. The highest BCUT2D eigenvalue weighted by Crippen LogP contribution is 2.20. The molecule has 0 spiro atoms. The molecule has 2 aromatic carbocycles. The van der Waals surface area contributed by atoms with Crippen LogP contribution in [0.4, 0.5) is 5.69 Å². The van der Waals surface area contributed by atoms with Gasteiger partial charge in [-0.05, 0) is 18.2 Å². The second-order valence-corrected chi connectivity index (χ2v) is 5.71. The maximum Gasteiger partial charge on any atom is 0.276 e. The van der Waals surface area contributed by atoms with E-state index in [4.69, 9.17) is 4.74 Å². The second kappa shape index (κ2) is 7.56. The molecule has 0 bridgehead atoms. The Labute approximate surface area is 153 Å². The van der Waals surface area contributed by atoms with Gasteiger partial charge in [0, 0.05) is 36.3 Å². The molecule has 27 heavy (non-hydrogen) atoms. The molecule has 2 N–H and O–H groups in total. The summed E-state index contributed by atoms with van der Waals surface area (Å²) in [6.07, 6.45) is 1.68. The third-order valence-electron chi connectivity index (χ3n) is 3.87. The van der Waals surface area contributed by atoms with E-state index < -0.39 is 16.7 Å². The molecule has 9 nitrogen and oxygen atoms in total. The Kier molecular flexibility index (Phi) is 5.02. The van der Waals surface area contributed by atoms with E-state index in [0.29, 0.717) is 11.3 Å². The average Bonchev–Trinajstić information content (AvgIpc) is 3.02. The van der Waals surface area contributed by atoms with Gasteiger partial charge in [-0.15, -0.1) is 0 Å². The fraction of sp³-hybridized carbons (Fsp3) is 0.111. The van der Waals surface area contributed by atoms with E-state index in [-0.39, 0.29) is 12.3 Å². The van der Waals surface area contributed by atoms with Crippen molar-refractivity contribution in [3.05, 3.63) is 70.4 Å². The monoisotopic (exact) mass is 368 g/mol. The van der Waals surface area contributed by atoms with Crippen LogP contribution in [0.15, 0.2) is 54.7 Å². The molecule has 0 aliphatic heterocycles. The molecular formula is C18H16N4O5. The van der Waals surface area contributed by atoms with E-state index in [1.54, 1.807) is 6.20 Å². The molecule has 3 aromatic rings. The molecular weight excluding hydrogens is 352 g/mol. The molecule has 0 aliphatic carbocycles. The van der Waals surface area contributed by atoms with Gasteiger partial charge in [0.05, 0.1) is 10.5 Å². The van der Waals surface area contributed by atoms with Gasteiger partial charge in [-0.2, -0.15) is 0 Å². The number of hydrogen-bond donors (Lipinski definition) is 2. The van der Waals surface area contributed by atoms with E-state index in [0.717, 1.165) is 10.9 Å². The summed E-state index contributed by atoms with van der Waals surface area (Å²) in [5, 5.41) is 11.4. The van der Waals surface area contributed by atoms with Gasteiger partial charge in [0.25, 0.3) is 17.5 Å². The Morgan fingerprint density at radius 3 is 2.52 bits per heavy atom. The number of benzene rings is 2. The molecule has 0 aliphatic rings. The van der Waals surface area contributed by atoms with Gasteiger partial charge >= 0.3 is 0 Å². The first-order valence-electron chi connectivity index (χ1n) is 7.96. The summed E-state index contributed by atoms with van der Waals surface area (Å²) in [5.41, 5.74) is 5.88. The number of aromatic nitrogens is 1. The Balaban J connectivity index is 1.54. The summed E-state index contributed by atoms with van der Waals surface area (Å²) in [7, 11) is 1.83. The quantitative estimate of drug-likeness (QED) is 0.527. The topological polar surface area (TPSA) is 116 Å². The van der Waals surface area contributed by atoms with Crippen LogP contribution in [0, 0.1) is 10.1 Å². The molecule has 2 amide bonds. The van der Waals surface area contributed by atoms with E-state index in [2.05, 4.69) is 10.9 Å². The fourth-order valence-electron chi connectivity index (χ4n) is 2.57. The fourth-order valence-corrected chi connectivity index (χ4v) is 2.57. The van der Waals surface area contributed by atoms with Crippen molar-refractivity contribution in [1.82, 2.24) is 15.4 Å². The number of hydrogen-bond acceptors (Lipinski definition) is 5. The lowest BCUT2D eigenvalue weighted by atomic mass is 10.2. The largest absolute Gasteiger partial charge is 0.484 e. The number of carbonyl (C=O) groups is 2. The highest BCUT2D eigenvalue weighted by molar-refractivity contribution is 6.07. The molecule has 0 radical (unpaired) electrons. The first kappa shape index (κ1) is 17.9. The Morgan fingerprint density at radius 2 is 1.81 bits per heavy atom. The summed E-state index contributed by atoms with van der Waals surface area (Å²) in [6, 6.07) is 12.7. The number of amides is 2. The zero-order chi connectivity index (χ0) is 19.4. The zero-order valence-electron chi connectivity index (χ0n) is 14.3. The van der Waals surface area contributed by atoms with Crippen LogP contribution in [-0.2, 0) is 11.8 Å². The van der Waals surface area contributed by atoms with Crippen molar-refractivity contribution in [2.24, 2.45) is 7.05 Å². The minimum absolute atomic E-state index is 0.0749. The molecule has 0 atom stereocenters. The van der Waals surface area contributed by atoms with Crippen molar-refractivity contribution in [3.63, 3.8) is 0 Å². The summed E-state index contributed by atoms with van der Waals surface area (Å²) in [4.78, 5) is 34.2. The average molecular weight is 368 g/mol. The molecule has 1 aromatic heterocycles. The highest BCUT2D eigenvalue weighted by atomic mass is 16.6. The number of ether oxygens (including phenoxy) is 1. The van der Waals surface area contributed by atoms with Gasteiger partial charge in [-0.25, -0.2) is 0 Å². The number of rotatable bonds is 5. The SMILES string of the molecule is Cn1cc(C(=O)NNC(=O)COc2ccc([N+](=O)[O-])cc2)c2ccccc21. The maximum atomic E-state index is 12.3. The Morgan fingerprint density at radius 1 is 1.11 bits per heavy atom. The Hall–Kier alpha value is -3.88. The van der Waals surface area contributed by atoms with Gasteiger partial charge < -0.3 is 9.30 Å².